The number of nitrogens with zero attached hydrogens (tertiary/aromatic N) is 3. The molecule has 136 valence electrons. The number of fused-ring (bicyclic) bond motifs is 1. The van der Waals surface area contributed by atoms with Gasteiger partial charge in [0.2, 0.25) is 6.79 Å². The molecule has 0 spiro atoms. The lowest BCUT2D eigenvalue weighted by molar-refractivity contribution is 0.174. The lowest BCUT2D eigenvalue weighted by Gasteiger charge is -2.21. The van der Waals surface area contributed by atoms with E-state index in [4.69, 9.17) is 21.1 Å². The monoisotopic (exact) mass is 494 g/mol. The highest BCUT2D eigenvalue weighted by Gasteiger charge is 2.18. The Morgan fingerprint density at radius 3 is 2.92 bits per heavy atom. The summed E-state index contributed by atoms with van der Waals surface area (Å²) in [4.78, 5) is 10.8. The summed E-state index contributed by atoms with van der Waals surface area (Å²) >= 11 is 7.87. The summed E-state index contributed by atoms with van der Waals surface area (Å²) in [6.45, 7) is 3.50. The summed E-state index contributed by atoms with van der Waals surface area (Å²) in [5, 5.41) is 7.02. The average Bonchev–Trinajstić information content (AvgIpc) is 3.17. The minimum Gasteiger partial charge on any atom is -0.454 e. The van der Waals surface area contributed by atoms with Crippen LogP contribution in [-0.4, -0.2) is 36.7 Å². The van der Waals surface area contributed by atoms with Crippen LogP contribution in [0.25, 0.3) is 0 Å². The van der Waals surface area contributed by atoms with E-state index in [9.17, 15) is 0 Å². The van der Waals surface area contributed by atoms with E-state index in [1.165, 1.54) is 0 Å². The molecule has 0 unspecified atom stereocenters. The third-order valence-corrected chi connectivity index (χ3v) is 4.68. The standard InChI is InChI=1S/C16H19ClN4O2S.HI/c1-10-20-12(8-24-10)7-21(3)16(18-2)19-6-11-4-13(17)15-14(5-11)22-9-23-15;/h4-5,8H,6-7,9H2,1-3H3,(H,18,19);1H. The molecule has 0 aliphatic carbocycles. The molecule has 0 bridgehead atoms. The van der Waals surface area contributed by atoms with Crippen LogP contribution in [0.2, 0.25) is 5.02 Å². The Morgan fingerprint density at radius 2 is 2.24 bits per heavy atom. The van der Waals surface area contributed by atoms with Crippen molar-refractivity contribution in [1.29, 1.82) is 0 Å². The maximum absolute atomic E-state index is 6.22. The smallest absolute Gasteiger partial charge is 0.231 e. The molecule has 0 radical (unpaired) electrons. The van der Waals surface area contributed by atoms with Crippen molar-refractivity contribution in [2.75, 3.05) is 20.9 Å². The van der Waals surface area contributed by atoms with Gasteiger partial charge in [-0.05, 0) is 24.6 Å². The molecule has 0 amide bonds. The Kier molecular flexibility index (Phi) is 7.14. The molecule has 1 aliphatic heterocycles. The Labute approximate surface area is 173 Å². The summed E-state index contributed by atoms with van der Waals surface area (Å²) in [5.74, 6) is 2.08. The third kappa shape index (κ3) is 4.89. The highest BCUT2D eigenvalue weighted by atomic mass is 127. The van der Waals surface area contributed by atoms with E-state index in [1.807, 2.05) is 31.0 Å². The summed E-state index contributed by atoms with van der Waals surface area (Å²) < 4.78 is 10.7. The molecule has 1 N–H and O–H groups in total. The summed E-state index contributed by atoms with van der Waals surface area (Å²) in [7, 11) is 3.74. The number of ether oxygens (including phenoxy) is 2. The van der Waals surface area contributed by atoms with E-state index in [0.717, 1.165) is 22.2 Å². The largest absolute Gasteiger partial charge is 0.454 e. The van der Waals surface area contributed by atoms with Crippen molar-refractivity contribution in [2.24, 2.45) is 4.99 Å². The van der Waals surface area contributed by atoms with Gasteiger partial charge < -0.3 is 19.7 Å². The molecule has 0 saturated heterocycles. The van der Waals surface area contributed by atoms with Gasteiger partial charge in [-0.25, -0.2) is 4.98 Å². The number of halogens is 2. The highest BCUT2D eigenvalue weighted by molar-refractivity contribution is 14.0. The molecule has 9 heteroatoms. The van der Waals surface area contributed by atoms with Crippen molar-refractivity contribution in [3.8, 4) is 11.5 Å². The van der Waals surface area contributed by atoms with E-state index in [2.05, 4.69) is 20.7 Å². The van der Waals surface area contributed by atoms with E-state index in [0.29, 0.717) is 29.6 Å². The lowest BCUT2D eigenvalue weighted by atomic mass is 10.2. The van der Waals surface area contributed by atoms with Gasteiger partial charge in [-0.1, -0.05) is 11.6 Å². The molecule has 6 nitrogen and oxygen atoms in total. The number of thiazole rings is 1. The number of hydrogen-bond acceptors (Lipinski definition) is 5. The molecule has 3 rings (SSSR count). The number of nitrogens with one attached hydrogen (secondary N) is 1. The maximum Gasteiger partial charge on any atom is 0.231 e. The van der Waals surface area contributed by atoms with Crippen LogP contribution in [0.3, 0.4) is 0 Å². The highest BCUT2D eigenvalue weighted by Crippen LogP contribution is 2.39. The molecule has 2 heterocycles. The van der Waals surface area contributed by atoms with Crippen LogP contribution in [0.1, 0.15) is 16.3 Å². The van der Waals surface area contributed by atoms with Crippen molar-refractivity contribution in [3.63, 3.8) is 0 Å². The van der Waals surface area contributed by atoms with Crippen molar-refractivity contribution in [1.82, 2.24) is 15.2 Å². The molecule has 25 heavy (non-hydrogen) atoms. The Bertz CT molecular complexity index is 769. The Balaban J connectivity index is 0.00000225. The van der Waals surface area contributed by atoms with Crippen LogP contribution in [0.5, 0.6) is 11.5 Å². The van der Waals surface area contributed by atoms with Crippen molar-refractivity contribution in [3.05, 3.63) is 38.8 Å². The van der Waals surface area contributed by atoms with Gasteiger partial charge in [-0.3, -0.25) is 4.99 Å². The first-order chi connectivity index (χ1) is 11.6. The van der Waals surface area contributed by atoms with Gasteiger partial charge in [0.1, 0.15) is 0 Å². The zero-order valence-electron chi connectivity index (χ0n) is 14.2. The Morgan fingerprint density at radius 1 is 1.44 bits per heavy atom. The predicted octanol–water partition coefficient (Wildman–Crippen LogP) is 3.66. The fourth-order valence-corrected chi connectivity index (χ4v) is 3.38. The molecule has 1 aliphatic rings. The van der Waals surface area contributed by atoms with Gasteiger partial charge in [0.05, 0.1) is 22.3 Å². The van der Waals surface area contributed by atoms with Crippen LogP contribution in [-0.2, 0) is 13.1 Å². The van der Waals surface area contributed by atoms with Crippen LogP contribution < -0.4 is 14.8 Å². The molecule has 0 atom stereocenters. The molecule has 1 aromatic carbocycles. The average molecular weight is 495 g/mol. The summed E-state index contributed by atoms with van der Waals surface area (Å²) in [6, 6.07) is 3.80. The minimum absolute atomic E-state index is 0. The van der Waals surface area contributed by atoms with Gasteiger partial charge in [0, 0.05) is 26.0 Å². The van der Waals surface area contributed by atoms with Gasteiger partial charge in [0.15, 0.2) is 17.5 Å². The minimum atomic E-state index is 0. The van der Waals surface area contributed by atoms with Gasteiger partial charge in [-0.15, -0.1) is 35.3 Å². The zero-order chi connectivity index (χ0) is 17.1. The first-order valence-electron chi connectivity index (χ1n) is 7.47. The normalized spacial score (nSPS) is 12.7. The van der Waals surface area contributed by atoms with Crippen molar-refractivity contribution < 1.29 is 9.47 Å². The quantitative estimate of drug-likeness (QED) is 0.399. The van der Waals surface area contributed by atoms with E-state index < -0.39 is 0 Å². The Hall–Kier alpha value is -1.26. The van der Waals surface area contributed by atoms with Crippen molar-refractivity contribution in [2.45, 2.75) is 20.0 Å². The molecule has 2 aromatic rings. The van der Waals surface area contributed by atoms with E-state index in [-0.39, 0.29) is 30.8 Å². The fraction of sp³-hybridized carbons (Fsp3) is 0.375. The number of guanidine groups is 1. The van der Waals surface area contributed by atoms with E-state index >= 15 is 0 Å². The SMILES string of the molecule is CN=C(NCc1cc(Cl)c2c(c1)OCO2)N(C)Cc1csc(C)n1.I. The molecular formula is C16H20ClIN4O2S. The van der Waals surface area contributed by atoms with Crippen LogP contribution in [0.15, 0.2) is 22.5 Å². The third-order valence-electron chi connectivity index (χ3n) is 3.58. The predicted molar refractivity (Wildman–Crippen MR) is 112 cm³/mol. The number of benzene rings is 1. The number of hydrogen-bond donors (Lipinski definition) is 1. The second-order valence-electron chi connectivity index (χ2n) is 5.43. The van der Waals surface area contributed by atoms with Gasteiger partial charge in [0.25, 0.3) is 0 Å². The lowest BCUT2D eigenvalue weighted by Crippen LogP contribution is -2.38. The van der Waals surface area contributed by atoms with E-state index in [1.54, 1.807) is 18.4 Å². The van der Waals surface area contributed by atoms with Gasteiger partial charge in [-0.2, -0.15) is 0 Å². The van der Waals surface area contributed by atoms with Crippen LogP contribution in [0.4, 0.5) is 0 Å². The number of aromatic nitrogens is 1. The number of aliphatic imine (C=N–C) groups is 1. The number of rotatable bonds is 4. The zero-order valence-corrected chi connectivity index (χ0v) is 18.1. The molecule has 0 saturated carbocycles. The fourth-order valence-electron chi connectivity index (χ4n) is 2.49. The maximum atomic E-state index is 6.22. The van der Waals surface area contributed by atoms with Crippen molar-refractivity contribution >= 4 is 52.9 Å². The first-order valence-corrected chi connectivity index (χ1v) is 8.73. The van der Waals surface area contributed by atoms with Crippen LogP contribution in [0, 0.1) is 6.92 Å². The summed E-state index contributed by atoms with van der Waals surface area (Å²) in [6.07, 6.45) is 0. The second-order valence-corrected chi connectivity index (χ2v) is 6.90. The molecule has 0 fully saturated rings. The first kappa shape index (κ1) is 20.1. The topological polar surface area (TPSA) is 59.0 Å². The van der Waals surface area contributed by atoms with Gasteiger partial charge >= 0.3 is 0 Å². The van der Waals surface area contributed by atoms with Crippen LogP contribution >= 0.6 is 46.9 Å². The second kappa shape index (κ2) is 8.91. The summed E-state index contributed by atoms with van der Waals surface area (Å²) in [5.41, 5.74) is 2.04. The molecular weight excluding hydrogens is 475 g/mol. The number of aryl methyl sites for hydroxylation is 1. The molecule has 1 aromatic heterocycles.